The molecule has 10 heteroatoms. The van der Waals surface area contributed by atoms with Gasteiger partial charge >= 0.3 is 18.1 Å². The van der Waals surface area contributed by atoms with E-state index in [1.165, 1.54) is 0 Å². The second-order valence-corrected chi connectivity index (χ2v) is 7.93. The van der Waals surface area contributed by atoms with Crippen molar-refractivity contribution >= 4 is 17.7 Å². The number of ether oxygens (including phenoxy) is 1. The summed E-state index contributed by atoms with van der Waals surface area (Å²) in [6.45, 7) is 0. The predicted molar refractivity (Wildman–Crippen MR) is 78.3 cm³/mol. The van der Waals surface area contributed by atoms with E-state index in [4.69, 9.17) is 5.11 Å². The molecule has 0 aliphatic heterocycles. The number of alkyl halides is 5. The third-order valence-corrected chi connectivity index (χ3v) is 5.94. The molecule has 0 aromatic carbocycles. The van der Waals surface area contributed by atoms with Crippen molar-refractivity contribution in [1.29, 1.82) is 0 Å². The van der Waals surface area contributed by atoms with E-state index in [1.807, 2.05) is 0 Å². The van der Waals surface area contributed by atoms with Crippen molar-refractivity contribution in [3.8, 4) is 0 Å². The van der Waals surface area contributed by atoms with E-state index in [0.29, 0.717) is 5.94 Å². The summed E-state index contributed by atoms with van der Waals surface area (Å²) in [6.07, 6.45) is -6.44. The quantitative estimate of drug-likeness (QED) is 0.254. The highest BCUT2D eigenvalue weighted by molar-refractivity contribution is 6.04. The van der Waals surface area contributed by atoms with Crippen molar-refractivity contribution in [2.24, 2.45) is 23.2 Å². The minimum absolute atomic E-state index is 0.150. The molecule has 5 nitrogen and oxygen atoms in total. The van der Waals surface area contributed by atoms with Crippen LogP contribution < -0.4 is 0 Å². The molecular weight excluding hydrogens is 379 g/mol. The van der Waals surface area contributed by atoms with E-state index in [0.717, 1.165) is 19.3 Å². The van der Waals surface area contributed by atoms with Crippen LogP contribution in [0.3, 0.4) is 0 Å². The molecule has 4 rings (SSSR count). The summed E-state index contributed by atoms with van der Waals surface area (Å²) in [7, 11) is 0. The summed E-state index contributed by atoms with van der Waals surface area (Å²) < 4.78 is 71.8. The zero-order chi connectivity index (χ0) is 20.2. The zero-order valence-corrected chi connectivity index (χ0v) is 14.0. The monoisotopic (exact) mass is 396 g/mol. The summed E-state index contributed by atoms with van der Waals surface area (Å²) in [6, 6.07) is 0. The van der Waals surface area contributed by atoms with Crippen LogP contribution in [0.25, 0.3) is 0 Å². The molecule has 0 aromatic rings. The number of rotatable bonds is 5. The predicted octanol–water partition coefficient (Wildman–Crippen LogP) is 3.15. The highest BCUT2D eigenvalue weighted by Gasteiger charge is 2.65. The van der Waals surface area contributed by atoms with Gasteiger partial charge in [-0.1, -0.05) is 0 Å². The van der Waals surface area contributed by atoms with Crippen LogP contribution in [0.15, 0.2) is 5.76 Å². The van der Waals surface area contributed by atoms with E-state index in [2.05, 4.69) is 4.74 Å². The summed E-state index contributed by atoms with van der Waals surface area (Å²) in [5, 5.41) is 8.80. The van der Waals surface area contributed by atoms with E-state index in [9.17, 15) is 36.3 Å². The molecular formula is C17H17F5O5. The van der Waals surface area contributed by atoms with Gasteiger partial charge < -0.3 is 9.84 Å². The number of hydrogen-bond donors (Lipinski definition) is 1. The maximum absolute atomic E-state index is 14.0. The summed E-state index contributed by atoms with van der Waals surface area (Å²) in [4.78, 5) is 34.0. The standard InChI is InChI=1S/C17H17F5O5/c18-16(19,12(25)11(24)7-23)13(17(20,21)22)27-14(26)15-4-8-1-9(5-15)3-10(2-8)6-15/h8-10,13,24H,1-6H2. The largest absolute Gasteiger partial charge is 0.496 e. The van der Waals surface area contributed by atoms with Gasteiger partial charge in [-0.05, 0) is 56.3 Å². The molecule has 1 atom stereocenters. The third kappa shape index (κ3) is 3.35. The number of carbonyl (C=O) groups is 2. The number of aliphatic hydroxyl groups is 1. The molecule has 1 unspecified atom stereocenters. The van der Waals surface area contributed by atoms with Gasteiger partial charge in [0.1, 0.15) is 0 Å². The van der Waals surface area contributed by atoms with Crippen LogP contribution in [0.4, 0.5) is 22.0 Å². The molecule has 4 bridgehead atoms. The second kappa shape index (κ2) is 6.29. The van der Waals surface area contributed by atoms with Gasteiger partial charge in [0.25, 0.3) is 17.6 Å². The lowest BCUT2D eigenvalue weighted by atomic mass is 9.49. The maximum Gasteiger partial charge on any atom is 0.432 e. The SMILES string of the molecule is O=C=C(O)C(=O)C(F)(F)C(OC(=O)C12CC3CC(CC(C3)C1)C2)C(F)(F)F. The average molecular weight is 396 g/mol. The van der Waals surface area contributed by atoms with Gasteiger partial charge in [0.15, 0.2) is 5.94 Å². The first-order valence-electron chi connectivity index (χ1n) is 8.53. The third-order valence-electron chi connectivity index (χ3n) is 5.94. The van der Waals surface area contributed by atoms with Crippen LogP contribution in [-0.2, 0) is 19.1 Å². The second-order valence-electron chi connectivity index (χ2n) is 7.93. The van der Waals surface area contributed by atoms with Gasteiger partial charge in [0, 0.05) is 0 Å². The highest BCUT2D eigenvalue weighted by Crippen LogP contribution is 2.60. The Kier molecular flexibility index (Phi) is 4.61. The molecule has 0 spiro atoms. The van der Waals surface area contributed by atoms with Crippen LogP contribution >= 0.6 is 0 Å². The molecule has 4 saturated carbocycles. The summed E-state index contributed by atoms with van der Waals surface area (Å²) >= 11 is 0. The van der Waals surface area contributed by atoms with Gasteiger partial charge in [-0.15, -0.1) is 0 Å². The summed E-state index contributed by atoms with van der Waals surface area (Å²) in [5.74, 6) is -10.9. The molecule has 0 radical (unpaired) electrons. The van der Waals surface area contributed by atoms with Gasteiger partial charge in [0.2, 0.25) is 0 Å². The van der Waals surface area contributed by atoms with Gasteiger partial charge in [-0.2, -0.15) is 22.0 Å². The van der Waals surface area contributed by atoms with Crippen LogP contribution in [-0.4, -0.2) is 41.0 Å². The van der Waals surface area contributed by atoms with Crippen molar-refractivity contribution in [2.75, 3.05) is 0 Å². The molecule has 1 N–H and O–H groups in total. The number of halogens is 5. The number of esters is 1. The maximum atomic E-state index is 14.0. The Morgan fingerprint density at radius 1 is 1.00 bits per heavy atom. The van der Waals surface area contributed by atoms with Crippen molar-refractivity contribution in [3.63, 3.8) is 0 Å². The van der Waals surface area contributed by atoms with E-state index < -0.39 is 41.1 Å². The van der Waals surface area contributed by atoms with Crippen LogP contribution in [0.5, 0.6) is 0 Å². The van der Waals surface area contributed by atoms with Gasteiger partial charge in [-0.25, -0.2) is 4.79 Å². The Balaban J connectivity index is 1.86. The fraction of sp³-hybridized carbons (Fsp3) is 0.765. The van der Waals surface area contributed by atoms with Gasteiger partial charge in [0.05, 0.1) is 5.41 Å². The van der Waals surface area contributed by atoms with E-state index in [1.54, 1.807) is 0 Å². The number of hydrogen-bond acceptors (Lipinski definition) is 5. The molecule has 27 heavy (non-hydrogen) atoms. The van der Waals surface area contributed by atoms with Crippen LogP contribution in [0, 0.1) is 23.2 Å². The lowest BCUT2D eigenvalue weighted by molar-refractivity contribution is -0.276. The zero-order valence-electron chi connectivity index (χ0n) is 14.0. The number of aliphatic hydroxyl groups excluding tert-OH is 1. The first-order chi connectivity index (χ1) is 12.4. The smallest absolute Gasteiger partial charge is 0.432 e. The number of ketones is 1. The molecule has 150 valence electrons. The molecule has 0 aromatic heterocycles. The molecule has 4 aliphatic rings. The van der Waals surface area contributed by atoms with Crippen molar-refractivity contribution in [1.82, 2.24) is 0 Å². The topological polar surface area (TPSA) is 80.7 Å². The number of Topliss-reactive ketones (excluding diaryl/α,β-unsaturated/α-hetero) is 1. The van der Waals surface area contributed by atoms with E-state index >= 15 is 0 Å². The van der Waals surface area contributed by atoms with Gasteiger partial charge in [-0.3, -0.25) is 9.59 Å². The minimum atomic E-state index is -5.78. The molecule has 0 amide bonds. The normalized spacial score (nSPS) is 33.3. The Bertz CT molecular complexity index is 672. The van der Waals surface area contributed by atoms with Crippen molar-refractivity contribution < 1.29 is 46.2 Å². The van der Waals surface area contributed by atoms with Crippen LogP contribution in [0.1, 0.15) is 38.5 Å². The fourth-order valence-corrected chi connectivity index (χ4v) is 5.26. The fourth-order valence-electron chi connectivity index (χ4n) is 5.26. The Morgan fingerprint density at radius 3 is 1.81 bits per heavy atom. The lowest BCUT2D eigenvalue weighted by Gasteiger charge is -2.55. The molecule has 4 aliphatic carbocycles. The Hall–Kier alpha value is -1.96. The Morgan fingerprint density at radius 2 is 1.44 bits per heavy atom. The first kappa shape index (κ1) is 19.8. The number of allylic oxidation sites excluding steroid dienone is 1. The molecule has 0 saturated heterocycles. The van der Waals surface area contributed by atoms with Crippen molar-refractivity contribution in [3.05, 3.63) is 5.76 Å². The van der Waals surface area contributed by atoms with E-state index in [-0.39, 0.29) is 37.0 Å². The molecule has 0 heterocycles. The molecule has 4 fully saturated rings. The Labute approximate surface area is 150 Å². The van der Waals surface area contributed by atoms with Crippen LogP contribution in [0.2, 0.25) is 0 Å². The summed E-state index contributed by atoms with van der Waals surface area (Å²) in [5.41, 5.74) is -1.25. The lowest BCUT2D eigenvalue weighted by Crippen LogP contribution is -2.56. The number of carbonyl (C=O) groups excluding carboxylic acids is 3. The first-order valence-corrected chi connectivity index (χ1v) is 8.53. The average Bonchev–Trinajstić information content (AvgIpc) is 2.55. The minimum Gasteiger partial charge on any atom is -0.496 e. The van der Waals surface area contributed by atoms with Crippen molar-refractivity contribution in [2.45, 2.75) is 56.7 Å². The highest BCUT2D eigenvalue weighted by atomic mass is 19.4.